The first-order chi connectivity index (χ1) is 12.6. The summed E-state index contributed by atoms with van der Waals surface area (Å²) in [5, 5.41) is 4.60. The highest BCUT2D eigenvalue weighted by molar-refractivity contribution is 7.99. The Bertz CT molecular complexity index is 881. The van der Waals surface area contributed by atoms with Crippen LogP contribution in [0.15, 0.2) is 53.1 Å². The molecule has 0 spiro atoms. The van der Waals surface area contributed by atoms with Crippen LogP contribution in [0.25, 0.3) is 11.4 Å². The zero-order valence-corrected chi connectivity index (χ0v) is 15.7. The van der Waals surface area contributed by atoms with Gasteiger partial charge in [-0.2, -0.15) is 4.98 Å². The van der Waals surface area contributed by atoms with Crippen molar-refractivity contribution in [2.75, 3.05) is 5.75 Å². The average molecular weight is 389 g/mol. The van der Waals surface area contributed by atoms with Crippen LogP contribution in [0, 0.1) is 6.92 Å². The minimum Gasteiger partial charge on any atom is -0.455 e. The van der Waals surface area contributed by atoms with Crippen LogP contribution in [0.4, 0.5) is 0 Å². The number of nitrogens with zero attached hydrogens (tertiary/aromatic N) is 2. The number of esters is 1. The predicted molar refractivity (Wildman–Crippen MR) is 102 cm³/mol. The van der Waals surface area contributed by atoms with Crippen LogP contribution < -0.4 is 0 Å². The molecule has 5 nitrogen and oxygen atoms in total. The second-order valence-electron chi connectivity index (χ2n) is 5.66. The standard InChI is InChI=1S/C19H17ClN2O3S/c1-13-5-7-15(8-6-13)19-21-17(25-22-19)10-24-18(23)12-26-11-14-3-2-4-16(20)9-14/h2-9H,10-12H2,1H3. The molecule has 26 heavy (non-hydrogen) atoms. The Balaban J connectivity index is 1.44. The van der Waals surface area contributed by atoms with Crippen molar-refractivity contribution in [2.24, 2.45) is 0 Å². The zero-order chi connectivity index (χ0) is 18.4. The van der Waals surface area contributed by atoms with Gasteiger partial charge in [-0.3, -0.25) is 4.79 Å². The SMILES string of the molecule is Cc1ccc(-c2noc(COC(=O)CSCc3cccc(Cl)c3)n2)cc1. The molecule has 0 aliphatic rings. The monoisotopic (exact) mass is 388 g/mol. The summed E-state index contributed by atoms with van der Waals surface area (Å²) in [7, 11) is 0. The lowest BCUT2D eigenvalue weighted by Gasteiger charge is -2.03. The lowest BCUT2D eigenvalue weighted by molar-refractivity contribution is -0.142. The van der Waals surface area contributed by atoms with Crippen LogP contribution in [-0.4, -0.2) is 21.9 Å². The molecule has 3 aromatic rings. The summed E-state index contributed by atoms with van der Waals surface area (Å²) in [4.78, 5) is 16.1. The molecule has 7 heteroatoms. The average Bonchev–Trinajstić information content (AvgIpc) is 3.10. The van der Waals surface area contributed by atoms with E-state index in [1.807, 2.05) is 55.5 Å². The largest absolute Gasteiger partial charge is 0.455 e. The van der Waals surface area contributed by atoms with Crippen molar-refractivity contribution in [1.29, 1.82) is 0 Å². The third kappa shape index (κ3) is 5.34. The normalized spacial score (nSPS) is 10.7. The summed E-state index contributed by atoms with van der Waals surface area (Å²) in [6.07, 6.45) is 0. The Morgan fingerprint density at radius 2 is 2.04 bits per heavy atom. The molecule has 0 aliphatic carbocycles. The van der Waals surface area contributed by atoms with Gasteiger partial charge in [0.15, 0.2) is 6.61 Å². The smallest absolute Gasteiger partial charge is 0.316 e. The Morgan fingerprint density at radius 1 is 1.23 bits per heavy atom. The molecule has 0 radical (unpaired) electrons. The van der Waals surface area contributed by atoms with Gasteiger partial charge < -0.3 is 9.26 Å². The van der Waals surface area contributed by atoms with Crippen LogP contribution in [0.5, 0.6) is 0 Å². The summed E-state index contributed by atoms with van der Waals surface area (Å²) in [5.41, 5.74) is 3.07. The van der Waals surface area contributed by atoms with Crippen molar-refractivity contribution in [1.82, 2.24) is 10.1 Å². The summed E-state index contributed by atoms with van der Waals surface area (Å²) in [6.45, 7) is 1.98. The third-order valence-electron chi connectivity index (χ3n) is 3.51. The first kappa shape index (κ1) is 18.5. The van der Waals surface area contributed by atoms with E-state index in [0.29, 0.717) is 16.6 Å². The molecule has 2 aromatic carbocycles. The second-order valence-corrected chi connectivity index (χ2v) is 7.08. The Morgan fingerprint density at radius 3 is 2.81 bits per heavy atom. The van der Waals surface area contributed by atoms with Crippen LogP contribution in [0.1, 0.15) is 17.0 Å². The quantitative estimate of drug-likeness (QED) is 0.548. The number of carbonyl (C=O) groups excluding carboxylic acids is 1. The molecule has 0 saturated carbocycles. The maximum atomic E-state index is 11.8. The topological polar surface area (TPSA) is 65.2 Å². The van der Waals surface area contributed by atoms with E-state index in [4.69, 9.17) is 20.9 Å². The van der Waals surface area contributed by atoms with E-state index >= 15 is 0 Å². The molecule has 1 aromatic heterocycles. The van der Waals surface area contributed by atoms with Gasteiger partial charge >= 0.3 is 5.97 Å². The zero-order valence-electron chi connectivity index (χ0n) is 14.1. The number of carbonyl (C=O) groups is 1. The van der Waals surface area contributed by atoms with E-state index in [0.717, 1.165) is 16.7 Å². The van der Waals surface area contributed by atoms with Gasteiger partial charge in [0.2, 0.25) is 5.82 Å². The van der Waals surface area contributed by atoms with Gasteiger partial charge in [0.05, 0.1) is 5.75 Å². The number of rotatable bonds is 7. The fourth-order valence-electron chi connectivity index (χ4n) is 2.20. The lowest BCUT2D eigenvalue weighted by Crippen LogP contribution is -2.07. The van der Waals surface area contributed by atoms with Gasteiger partial charge in [-0.25, -0.2) is 0 Å². The Kier molecular flexibility index (Phi) is 6.30. The highest BCUT2D eigenvalue weighted by Crippen LogP contribution is 2.18. The van der Waals surface area contributed by atoms with Crippen molar-refractivity contribution < 1.29 is 14.1 Å². The van der Waals surface area contributed by atoms with Gasteiger partial charge in [-0.1, -0.05) is 58.7 Å². The van der Waals surface area contributed by atoms with Gasteiger partial charge in [-0.05, 0) is 24.6 Å². The molecule has 0 aliphatic heterocycles. The first-order valence-electron chi connectivity index (χ1n) is 7.97. The molecule has 0 fully saturated rings. The van der Waals surface area contributed by atoms with Crippen LogP contribution in [0.2, 0.25) is 5.02 Å². The first-order valence-corrected chi connectivity index (χ1v) is 9.51. The molecule has 0 saturated heterocycles. The minimum absolute atomic E-state index is 0.0323. The van der Waals surface area contributed by atoms with Crippen LogP contribution in [-0.2, 0) is 21.9 Å². The fraction of sp³-hybridized carbons (Fsp3) is 0.211. The highest BCUT2D eigenvalue weighted by atomic mass is 35.5. The van der Waals surface area contributed by atoms with Crippen molar-refractivity contribution >= 4 is 29.3 Å². The molecule has 3 rings (SSSR count). The number of hydrogen-bond acceptors (Lipinski definition) is 6. The van der Waals surface area contributed by atoms with Crippen molar-refractivity contribution in [2.45, 2.75) is 19.3 Å². The minimum atomic E-state index is -0.327. The predicted octanol–water partition coefficient (Wildman–Crippen LogP) is 4.68. The van der Waals surface area contributed by atoms with E-state index < -0.39 is 0 Å². The van der Waals surface area contributed by atoms with E-state index in [-0.39, 0.29) is 24.2 Å². The molecular formula is C19H17ClN2O3S. The molecule has 134 valence electrons. The van der Waals surface area contributed by atoms with Gasteiger partial charge in [0.25, 0.3) is 5.89 Å². The molecule has 0 unspecified atom stereocenters. The molecule has 0 atom stereocenters. The molecule has 0 amide bonds. The summed E-state index contributed by atoms with van der Waals surface area (Å²) in [6, 6.07) is 15.3. The maximum absolute atomic E-state index is 11.8. The van der Waals surface area contributed by atoms with Crippen molar-refractivity contribution in [3.05, 3.63) is 70.6 Å². The Hall–Kier alpha value is -2.31. The lowest BCUT2D eigenvalue weighted by atomic mass is 10.1. The molecular weight excluding hydrogens is 372 g/mol. The molecule has 0 N–H and O–H groups in total. The summed E-state index contributed by atoms with van der Waals surface area (Å²) >= 11 is 7.40. The van der Waals surface area contributed by atoms with Crippen LogP contribution >= 0.6 is 23.4 Å². The van der Waals surface area contributed by atoms with Gasteiger partial charge in [0, 0.05) is 16.3 Å². The van der Waals surface area contributed by atoms with E-state index in [9.17, 15) is 4.79 Å². The summed E-state index contributed by atoms with van der Waals surface area (Å²) < 4.78 is 10.3. The van der Waals surface area contributed by atoms with E-state index in [1.54, 1.807) is 0 Å². The van der Waals surface area contributed by atoms with Gasteiger partial charge in [-0.15, -0.1) is 11.8 Å². The van der Waals surface area contributed by atoms with Crippen molar-refractivity contribution in [3.8, 4) is 11.4 Å². The maximum Gasteiger partial charge on any atom is 0.316 e. The van der Waals surface area contributed by atoms with Gasteiger partial charge in [0.1, 0.15) is 0 Å². The van der Waals surface area contributed by atoms with Crippen LogP contribution in [0.3, 0.4) is 0 Å². The Labute approximate surface area is 160 Å². The summed E-state index contributed by atoms with van der Waals surface area (Å²) in [5.74, 6) is 1.35. The number of thioether (sulfide) groups is 1. The van der Waals surface area contributed by atoms with E-state index in [1.165, 1.54) is 11.8 Å². The highest BCUT2D eigenvalue weighted by Gasteiger charge is 2.11. The number of benzene rings is 2. The fourth-order valence-corrected chi connectivity index (χ4v) is 3.18. The number of aryl methyl sites for hydroxylation is 1. The molecule has 1 heterocycles. The second kappa shape index (κ2) is 8.87. The number of hydrogen-bond donors (Lipinski definition) is 0. The number of ether oxygens (including phenoxy) is 1. The number of aromatic nitrogens is 2. The molecule has 0 bridgehead atoms. The van der Waals surface area contributed by atoms with Crippen molar-refractivity contribution in [3.63, 3.8) is 0 Å². The van der Waals surface area contributed by atoms with E-state index in [2.05, 4.69) is 10.1 Å². The number of halogens is 1. The third-order valence-corrected chi connectivity index (χ3v) is 4.72.